The van der Waals surface area contributed by atoms with Crippen molar-refractivity contribution in [1.82, 2.24) is 0 Å². The van der Waals surface area contributed by atoms with Gasteiger partial charge in [0.2, 0.25) is 0 Å². The van der Waals surface area contributed by atoms with E-state index in [0.717, 1.165) is 19.6 Å². The van der Waals surface area contributed by atoms with E-state index in [0.29, 0.717) is 18.8 Å². The smallest absolute Gasteiger partial charge is 0.164 e. The number of Topliss-reactive ketones (excluding diaryl/α,β-unsaturated/α-hetero) is 1. The van der Waals surface area contributed by atoms with Crippen LogP contribution in [0.3, 0.4) is 0 Å². The van der Waals surface area contributed by atoms with Crippen molar-refractivity contribution < 1.29 is 13.9 Å². The molecule has 1 heterocycles. The van der Waals surface area contributed by atoms with Crippen LogP contribution in [0.5, 0.6) is 0 Å². The highest BCUT2D eigenvalue weighted by molar-refractivity contribution is 6.00. The Bertz CT molecular complexity index is 412. The molecule has 2 rings (SSSR count). The number of hydrogen-bond donors (Lipinski definition) is 0. The van der Waals surface area contributed by atoms with E-state index in [2.05, 4.69) is 0 Å². The van der Waals surface area contributed by atoms with E-state index in [1.165, 1.54) is 13.0 Å². The van der Waals surface area contributed by atoms with E-state index in [4.69, 9.17) is 4.74 Å². The minimum absolute atomic E-state index is 0.189. The maximum absolute atomic E-state index is 13.7. The van der Waals surface area contributed by atoms with Crippen LogP contribution < -0.4 is 4.90 Å². The third-order valence-electron chi connectivity index (χ3n) is 2.91. The Balaban J connectivity index is 2.36. The van der Waals surface area contributed by atoms with E-state index in [-0.39, 0.29) is 11.3 Å². The van der Waals surface area contributed by atoms with Gasteiger partial charge in [0.1, 0.15) is 5.82 Å². The summed E-state index contributed by atoms with van der Waals surface area (Å²) in [5.41, 5.74) is 0.873. The molecule has 0 unspecified atom stereocenters. The molecule has 17 heavy (non-hydrogen) atoms. The Morgan fingerprint density at radius 2 is 2.18 bits per heavy atom. The monoisotopic (exact) mass is 237 g/mol. The van der Waals surface area contributed by atoms with Gasteiger partial charge < -0.3 is 9.64 Å². The van der Waals surface area contributed by atoms with Gasteiger partial charge in [-0.15, -0.1) is 0 Å². The molecule has 1 aromatic rings. The third-order valence-corrected chi connectivity index (χ3v) is 2.91. The van der Waals surface area contributed by atoms with Crippen molar-refractivity contribution in [2.24, 2.45) is 0 Å². The number of carbonyl (C=O) groups is 1. The molecule has 0 aromatic heterocycles. The number of ether oxygens (including phenoxy) is 1. The summed E-state index contributed by atoms with van der Waals surface area (Å²) in [5.74, 6) is -0.677. The lowest BCUT2D eigenvalue weighted by Gasteiger charge is -2.24. The molecule has 3 nitrogen and oxygen atoms in total. The molecule has 0 saturated carbocycles. The third kappa shape index (κ3) is 2.64. The fourth-order valence-electron chi connectivity index (χ4n) is 2.11. The molecule has 1 fully saturated rings. The first-order valence-corrected chi connectivity index (χ1v) is 5.82. The van der Waals surface area contributed by atoms with E-state index in [1.807, 2.05) is 4.90 Å². The number of ketones is 1. The van der Waals surface area contributed by atoms with Gasteiger partial charge in [0.05, 0.1) is 17.9 Å². The fraction of sp³-hybridized carbons (Fsp3) is 0.462. The second kappa shape index (κ2) is 5.27. The second-order valence-corrected chi connectivity index (χ2v) is 4.14. The number of carbonyl (C=O) groups excluding carboxylic acids is 1. The van der Waals surface area contributed by atoms with Gasteiger partial charge in [0, 0.05) is 19.7 Å². The van der Waals surface area contributed by atoms with E-state index < -0.39 is 5.82 Å². The topological polar surface area (TPSA) is 29.5 Å². The van der Waals surface area contributed by atoms with E-state index in [1.54, 1.807) is 12.1 Å². The Labute approximate surface area is 100 Å². The molecule has 92 valence electrons. The summed E-state index contributed by atoms with van der Waals surface area (Å²) in [5, 5.41) is 0. The number of benzene rings is 1. The zero-order valence-corrected chi connectivity index (χ0v) is 9.91. The minimum atomic E-state index is -0.444. The number of halogens is 1. The van der Waals surface area contributed by atoms with E-state index >= 15 is 0 Å². The van der Waals surface area contributed by atoms with Crippen LogP contribution in [0.1, 0.15) is 23.7 Å². The number of hydrogen-bond acceptors (Lipinski definition) is 3. The zero-order chi connectivity index (χ0) is 12.3. The van der Waals surface area contributed by atoms with Gasteiger partial charge in [-0.2, -0.15) is 0 Å². The summed E-state index contributed by atoms with van der Waals surface area (Å²) >= 11 is 0. The van der Waals surface area contributed by atoms with E-state index in [9.17, 15) is 9.18 Å². The Kier molecular flexibility index (Phi) is 3.74. The van der Waals surface area contributed by atoms with Gasteiger partial charge in [0.25, 0.3) is 0 Å². The fourth-order valence-corrected chi connectivity index (χ4v) is 2.11. The largest absolute Gasteiger partial charge is 0.380 e. The molecule has 4 heteroatoms. The van der Waals surface area contributed by atoms with Crippen molar-refractivity contribution in [1.29, 1.82) is 0 Å². The van der Waals surface area contributed by atoms with Gasteiger partial charge in [-0.05, 0) is 25.5 Å². The molecule has 1 saturated heterocycles. The zero-order valence-electron chi connectivity index (χ0n) is 9.91. The molecule has 1 aliphatic heterocycles. The number of anilines is 1. The van der Waals surface area contributed by atoms with Crippen molar-refractivity contribution in [3.8, 4) is 0 Å². The lowest BCUT2D eigenvalue weighted by Crippen LogP contribution is -2.27. The highest BCUT2D eigenvalue weighted by Gasteiger charge is 2.18. The maximum atomic E-state index is 13.7. The Morgan fingerprint density at radius 1 is 1.35 bits per heavy atom. The maximum Gasteiger partial charge on any atom is 0.164 e. The first-order chi connectivity index (χ1) is 8.20. The summed E-state index contributed by atoms with van der Waals surface area (Å²) in [6.45, 7) is 4.23. The lowest BCUT2D eigenvalue weighted by molar-refractivity contribution is 0.101. The molecule has 1 aliphatic rings. The predicted octanol–water partition coefficient (Wildman–Crippen LogP) is 2.25. The highest BCUT2D eigenvalue weighted by atomic mass is 19.1. The summed E-state index contributed by atoms with van der Waals surface area (Å²) < 4.78 is 19.0. The molecule has 0 atom stereocenters. The van der Waals surface area contributed by atoms with Crippen molar-refractivity contribution in [2.75, 3.05) is 31.2 Å². The lowest BCUT2D eigenvalue weighted by atomic mass is 10.1. The summed E-state index contributed by atoms with van der Waals surface area (Å²) in [7, 11) is 0. The normalized spacial score (nSPS) is 16.7. The van der Waals surface area contributed by atoms with Gasteiger partial charge in [-0.25, -0.2) is 4.39 Å². The van der Waals surface area contributed by atoms with Crippen molar-refractivity contribution in [2.45, 2.75) is 13.3 Å². The van der Waals surface area contributed by atoms with Crippen LogP contribution >= 0.6 is 0 Å². The average Bonchev–Trinajstić information content (AvgIpc) is 2.56. The summed E-state index contributed by atoms with van der Waals surface area (Å²) in [6.07, 6.45) is 0.897. The minimum Gasteiger partial charge on any atom is -0.380 e. The van der Waals surface area contributed by atoms with Gasteiger partial charge >= 0.3 is 0 Å². The molecule has 0 spiro atoms. The Morgan fingerprint density at radius 3 is 2.94 bits per heavy atom. The molecule has 0 N–H and O–H groups in total. The highest BCUT2D eigenvalue weighted by Crippen LogP contribution is 2.24. The van der Waals surface area contributed by atoms with Gasteiger partial charge in [0.15, 0.2) is 5.78 Å². The van der Waals surface area contributed by atoms with Crippen molar-refractivity contribution in [3.05, 3.63) is 29.6 Å². The first-order valence-electron chi connectivity index (χ1n) is 5.82. The predicted molar refractivity (Wildman–Crippen MR) is 64.1 cm³/mol. The molecule has 0 radical (unpaired) electrons. The number of nitrogens with zero attached hydrogens (tertiary/aromatic N) is 1. The molecular formula is C13H16FNO2. The summed E-state index contributed by atoms with van der Waals surface area (Å²) in [4.78, 5) is 13.5. The van der Waals surface area contributed by atoms with Crippen LogP contribution in [-0.4, -0.2) is 32.1 Å². The van der Waals surface area contributed by atoms with Crippen molar-refractivity contribution in [3.63, 3.8) is 0 Å². The molecule has 0 aliphatic carbocycles. The van der Waals surface area contributed by atoms with Crippen LogP contribution in [0, 0.1) is 5.82 Å². The first kappa shape index (κ1) is 12.0. The standard InChI is InChI=1S/C13H16FNO2/c1-10(16)13-11(14)4-2-5-12(13)15-6-3-8-17-9-7-15/h2,4-5H,3,6-9H2,1H3. The second-order valence-electron chi connectivity index (χ2n) is 4.14. The molecular weight excluding hydrogens is 221 g/mol. The molecule has 0 amide bonds. The van der Waals surface area contributed by atoms with Crippen LogP contribution in [-0.2, 0) is 4.74 Å². The SMILES string of the molecule is CC(=O)c1c(F)cccc1N1CCCOCC1. The van der Waals surface area contributed by atoms with Gasteiger partial charge in [-0.1, -0.05) is 6.07 Å². The molecule has 1 aromatic carbocycles. The quantitative estimate of drug-likeness (QED) is 0.739. The van der Waals surface area contributed by atoms with Crippen molar-refractivity contribution >= 4 is 11.5 Å². The van der Waals surface area contributed by atoms with Crippen LogP contribution in [0.25, 0.3) is 0 Å². The Hall–Kier alpha value is -1.42. The molecule has 0 bridgehead atoms. The average molecular weight is 237 g/mol. The summed E-state index contributed by atoms with van der Waals surface area (Å²) in [6, 6.07) is 4.77. The van der Waals surface area contributed by atoms with Crippen LogP contribution in [0.4, 0.5) is 10.1 Å². The van der Waals surface area contributed by atoms with Gasteiger partial charge in [-0.3, -0.25) is 4.79 Å². The van der Waals surface area contributed by atoms with Crippen LogP contribution in [0.2, 0.25) is 0 Å². The van der Waals surface area contributed by atoms with Crippen LogP contribution in [0.15, 0.2) is 18.2 Å². The number of rotatable bonds is 2.